The molecule has 0 saturated heterocycles. The van der Waals surface area contributed by atoms with Crippen molar-refractivity contribution in [2.24, 2.45) is 0 Å². The van der Waals surface area contributed by atoms with Gasteiger partial charge in [-0.25, -0.2) is 13.9 Å². The van der Waals surface area contributed by atoms with Gasteiger partial charge in [0.05, 0.1) is 10.2 Å². The minimum Gasteiger partial charge on any atom is -0.337 e. The van der Waals surface area contributed by atoms with E-state index in [4.69, 9.17) is 4.52 Å². The highest BCUT2D eigenvalue weighted by molar-refractivity contribution is 9.10. The molecule has 0 unspecified atom stereocenters. The number of fused-ring (bicyclic) bond motifs is 1. The average Bonchev–Trinajstić information content (AvgIpc) is 3.36. The molecule has 0 saturated carbocycles. The van der Waals surface area contributed by atoms with Gasteiger partial charge >= 0.3 is 5.69 Å². The first kappa shape index (κ1) is 18.4. The fraction of sp³-hybridized carbons (Fsp3) is 0.0500. The molecular formula is C20H12BrFN6O2. The van der Waals surface area contributed by atoms with Crippen LogP contribution in [0.3, 0.4) is 0 Å². The second kappa shape index (κ2) is 7.30. The third-order valence-electron chi connectivity index (χ3n) is 4.44. The van der Waals surface area contributed by atoms with Crippen LogP contribution in [-0.4, -0.2) is 29.5 Å². The summed E-state index contributed by atoms with van der Waals surface area (Å²) < 4.78 is 21.4. The van der Waals surface area contributed by atoms with Crippen molar-refractivity contribution in [2.75, 3.05) is 0 Å². The number of nitrogens with zero attached hydrogens (tertiary/aromatic N) is 6. The lowest BCUT2D eigenvalue weighted by Crippen LogP contribution is -2.23. The molecule has 0 aliphatic carbocycles. The molecule has 10 heteroatoms. The Labute approximate surface area is 176 Å². The van der Waals surface area contributed by atoms with Crippen molar-refractivity contribution in [2.45, 2.75) is 6.54 Å². The van der Waals surface area contributed by atoms with Crippen LogP contribution in [0.4, 0.5) is 4.39 Å². The highest BCUT2D eigenvalue weighted by Crippen LogP contribution is 2.23. The number of hydrogen-bond acceptors (Lipinski definition) is 6. The molecule has 0 amide bonds. The SMILES string of the molecule is O=c1n(Cc2nc(-c3ccc(F)c(Br)c3)no2)nc2ccc(-c3ccccc3)nn12. The molecule has 0 bridgehead atoms. The number of benzene rings is 2. The van der Waals surface area contributed by atoms with Gasteiger partial charge in [-0.15, -0.1) is 5.10 Å². The minimum absolute atomic E-state index is 0.0156. The summed E-state index contributed by atoms with van der Waals surface area (Å²) in [6.07, 6.45) is 0. The standard InChI is InChI=1S/C20H12BrFN6O2/c21-14-10-13(6-7-15(14)22)19-23-18(30-26-19)11-27-20(29)28-17(25-27)9-8-16(24-28)12-4-2-1-3-5-12/h1-10H,11H2. The van der Waals surface area contributed by atoms with E-state index in [0.717, 1.165) is 5.56 Å². The van der Waals surface area contributed by atoms with Gasteiger partial charge in [0.15, 0.2) is 5.65 Å². The van der Waals surface area contributed by atoms with Crippen LogP contribution in [0.2, 0.25) is 0 Å². The van der Waals surface area contributed by atoms with Crippen molar-refractivity contribution >= 4 is 21.6 Å². The van der Waals surface area contributed by atoms with Crippen molar-refractivity contribution in [3.05, 3.63) is 87.3 Å². The minimum atomic E-state index is -0.424. The fourth-order valence-electron chi connectivity index (χ4n) is 2.97. The topological polar surface area (TPSA) is 91.1 Å². The van der Waals surface area contributed by atoms with Crippen molar-refractivity contribution in [3.63, 3.8) is 0 Å². The molecule has 5 aromatic rings. The van der Waals surface area contributed by atoms with Crippen molar-refractivity contribution in [1.82, 2.24) is 29.5 Å². The normalized spacial score (nSPS) is 11.3. The first-order valence-corrected chi connectivity index (χ1v) is 9.68. The van der Waals surface area contributed by atoms with E-state index in [-0.39, 0.29) is 24.1 Å². The zero-order chi connectivity index (χ0) is 20.7. The van der Waals surface area contributed by atoms with E-state index in [0.29, 0.717) is 21.4 Å². The van der Waals surface area contributed by atoms with Crippen LogP contribution in [0.5, 0.6) is 0 Å². The largest absolute Gasteiger partial charge is 0.367 e. The van der Waals surface area contributed by atoms with Gasteiger partial charge < -0.3 is 4.52 Å². The van der Waals surface area contributed by atoms with Crippen LogP contribution >= 0.6 is 15.9 Å². The van der Waals surface area contributed by atoms with Gasteiger partial charge in [-0.05, 0) is 46.3 Å². The number of aromatic nitrogens is 6. The highest BCUT2D eigenvalue weighted by Gasteiger charge is 2.15. The van der Waals surface area contributed by atoms with E-state index in [1.165, 1.54) is 15.3 Å². The summed E-state index contributed by atoms with van der Waals surface area (Å²) in [5.41, 5.74) is 2.11. The van der Waals surface area contributed by atoms with Gasteiger partial charge in [0.25, 0.3) is 0 Å². The van der Waals surface area contributed by atoms with Crippen molar-refractivity contribution < 1.29 is 8.91 Å². The monoisotopic (exact) mass is 466 g/mol. The summed E-state index contributed by atoms with van der Waals surface area (Å²) in [6, 6.07) is 17.5. The van der Waals surface area contributed by atoms with Crippen molar-refractivity contribution in [1.29, 1.82) is 0 Å². The third kappa shape index (κ3) is 3.30. The van der Waals surface area contributed by atoms with Crippen LogP contribution in [0, 0.1) is 5.82 Å². The van der Waals surface area contributed by atoms with Gasteiger partial charge in [-0.1, -0.05) is 35.5 Å². The Hall–Kier alpha value is -3.66. The molecule has 3 heterocycles. The lowest BCUT2D eigenvalue weighted by Gasteiger charge is -1.99. The Morgan fingerprint density at radius 2 is 1.83 bits per heavy atom. The molecule has 2 aromatic carbocycles. The number of halogens is 2. The Bertz CT molecular complexity index is 1430. The van der Waals surface area contributed by atoms with Gasteiger partial charge in [0.2, 0.25) is 11.7 Å². The van der Waals surface area contributed by atoms with Gasteiger partial charge in [-0.3, -0.25) is 0 Å². The molecule has 3 aromatic heterocycles. The quantitative estimate of drug-likeness (QED) is 0.402. The predicted octanol–water partition coefficient (Wildman–Crippen LogP) is 3.56. The molecule has 30 heavy (non-hydrogen) atoms. The molecule has 0 aliphatic heterocycles. The average molecular weight is 467 g/mol. The zero-order valence-corrected chi connectivity index (χ0v) is 16.8. The lowest BCUT2D eigenvalue weighted by atomic mass is 10.1. The van der Waals surface area contributed by atoms with Crippen LogP contribution < -0.4 is 5.69 Å². The van der Waals surface area contributed by atoms with E-state index in [2.05, 4.69) is 36.3 Å². The maximum Gasteiger partial charge on any atom is 0.367 e. The molecule has 0 atom stereocenters. The highest BCUT2D eigenvalue weighted by atomic mass is 79.9. The van der Waals surface area contributed by atoms with E-state index < -0.39 is 5.69 Å². The second-order valence-corrected chi connectivity index (χ2v) is 7.29. The number of hydrogen-bond donors (Lipinski definition) is 0. The van der Waals surface area contributed by atoms with Crippen LogP contribution in [-0.2, 0) is 6.54 Å². The molecule has 0 N–H and O–H groups in total. The Balaban J connectivity index is 1.46. The van der Waals surface area contributed by atoms with Crippen molar-refractivity contribution in [3.8, 4) is 22.6 Å². The second-order valence-electron chi connectivity index (χ2n) is 6.44. The Morgan fingerprint density at radius 1 is 1.00 bits per heavy atom. The maximum atomic E-state index is 13.4. The molecular weight excluding hydrogens is 455 g/mol. The van der Waals surface area contributed by atoms with Gasteiger partial charge in [-0.2, -0.15) is 14.6 Å². The van der Waals surface area contributed by atoms with Crippen LogP contribution in [0.1, 0.15) is 5.89 Å². The predicted molar refractivity (Wildman–Crippen MR) is 109 cm³/mol. The number of rotatable bonds is 4. The zero-order valence-electron chi connectivity index (χ0n) is 15.2. The summed E-state index contributed by atoms with van der Waals surface area (Å²) in [6.45, 7) is -0.0156. The lowest BCUT2D eigenvalue weighted by molar-refractivity contribution is 0.364. The van der Waals surface area contributed by atoms with Crippen LogP contribution in [0.15, 0.2) is 74.5 Å². The van der Waals surface area contributed by atoms with Crippen LogP contribution in [0.25, 0.3) is 28.3 Å². The molecule has 0 radical (unpaired) electrons. The Kier molecular flexibility index (Phi) is 4.47. The van der Waals surface area contributed by atoms with Gasteiger partial charge in [0, 0.05) is 11.1 Å². The van der Waals surface area contributed by atoms with E-state index in [1.54, 1.807) is 24.3 Å². The Morgan fingerprint density at radius 3 is 2.63 bits per heavy atom. The smallest absolute Gasteiger partial charge is 0.337 e. The summed E-state index contributed by atoms with van der Waals surface area (Å²) >= 11 is 3.13. The summed E-state index contributed by atoms with van der Waals surface area (Å²) in [5.74, 6) is 0.0901. The molecule has 148 valence electrons. The van der Waals surface area contributed by atoms with E-state index in [9.17, 15) is 9.18 Å². The fourth-order valence-corrected chi connectivity index (χ4v) is 3.35. The molecule has 0 aliphatic rings. The third-order valence-corrected chi connectivity index (χ3v) is 5.05. The summed E-state index contributed by atoms with van der Waals surface area (Å²) in [5, 5.41) is 12.6. The molecule has 0 spiro atoms. The first-order valence-electron chi connectivity index (χ1n) is 8.89. The summed E-state index contributed by atoms with van der Waals surface area (Å²) in [7, 11) is 0. The molecule has 0 fully saturated rings. The maximum absolute atomic E-state index is 13.4. The molecule has 5 rings (SSSR count). The van der Waals surface area contributed by atoms with E-state index in [1.807, 2.05) is 30.3 Å². The van der Waals surface area contributed by atoms with Gasteiger partial charge in [0.1, 0.15) is 12.4 Å². The summed E-state index contributed by atoms with van der Waals surface area (Å²) in [4.78, 5) is 17.0. The molecule has 8 nitrogen and oxygen atoms in total. The first-order chi connectivity index (χ1) is 14.6. The van der Waals surface area contributed by atoms with E-state index >= 15 is 0 Å².